The van der Waals surface area contributed by atoms with E-state index >= 15 is 0 Å². The Morgan fingerprint density at radius 3 is 2.29 bits per heavy atom. The van der Waals surface area contributed by atoms with Crippen LogP contribution in [-0.2, 0) is 5.60 Å². The molecule has 2 N–H and O–H groups in total. The van der Waals surface area contributed by atoms with Gasteiger partial charge in [0.05, 0.1) is 19.8 Å². The molecule has 2 fully saturated rings. The van der Waals surface area contributed by atoms with Crippen molar-refractivity contribution in [1.82, 2.24) is 4.90 Å². The fourth-order valence-corrected chi connectivity index (χ4v) is 4.54. The number of ether oxygens (including phenoxy) is 2. The maximum absolute atomic E-state index is 12.6. The predicted molar refractivity (Wildman–Crippen MR) is 107 cm³/mol. The molecule has 0 unspecified atom stereocenters. The minimum absolute atomic E-state index is 0.0931. The third-order valence-electron chi connectivity index (χ3n) is 6.01. The van der Waals surface area contributed by atoms with Gasteiger partial charge >= 0.3 is 6.03 Å². The number of rotatable bonds is 4. The first kappa shape index (κ1) is 18.6. The summed E-state index contributed by atoms with van der Waals surface area (Å²) in [5.74, 6) is 2.12. The van der Waals surface area contributed by atoms with Crippen molar-refractivity contribution in [3.8, 4) is 11.5 Å². The number of methoxy groups -OCH3 is 2. The molecule has 28 heavy (non-hydrogen) atoms. The first-order valence-electron chi connectivity index (χ1n) is 9.57. The molecule has 0 spiro atoms. The van der Waals surface area contributed by atoms with Gasteiger partial charge in [-0.2, -0.15) is 0 Å². The normalized spacial score (nSPS) is 26.0. The van der Waals surface area contributed by atoms with Crippen molar-refractivity contribution in [1.29, 1.82) is 0 Å². The maximum Gasteiger partial charge on any atom is 0.321 e. The molecule has 3 atom stereocenters. The number of amides is 2. The van der Waals surface area contributed by atoms with Crippen molar-refractivity contribution in [2.24, 2.45) is 11.8 Å². The highest BCUT2D eigenvalue weighted by molar-refractivity contribution is 5.89. The van der Waals surface area contributed by atoms with E-state index in [-0.39, 0.29) is 6.03 Å². The van der Waals surface area contributed by atoms with Crippen molar-refractivity contribution < 1.29 is 19.4 Å². The summed E-state index contributed by atoms with van der Waals surface area (Å²) in [5, 5.41) is 14.2. The molecule has 1 saturated carbocycles. The van der Waals surface area contributed by atoms with Crippen molar-refractivity contribution in [3.05, 3.63) is 54.1 Å². The number of benzene rings is 2. The van der Waals surface area contributed by atoms with Crippen LogP contribution in [0.3, 0.4) is 0 Å². The SMILES string of the molecule is COc1ccc(NC(=O)N2C[C@@H]3C[C@@](O)(c4cccc(OC)c4)C[C@@H]3C2)cc1. The number of fused-ring (bicyclic) bond motifs is 1. The second-order valence-corrected chi connectivity index (χ2v) is 7.76. The number of anilines is 1. The molecule has 2 amide bonds. The minimum Gasteiger partial charge on any atom is -0.497 e. The van der Waals surface area contributed by atoms with Crippen LogP contribution in [0.15, 0.2) is 48.5 Å². The molecular weight excluding hydrogens is 356 g/mol. The Morgan fingerprint density at radius 1 is 1.04 bits per heavy atom. The van der Waals surface area contributed by atoms with Crippen molar-refractivity contribution in [2.75, 3.05) is 32.6 Å². The molecule has 6 heteroatoms. The minimum atomic E-state index is -0.845. The zero-order chi connectivity index (χ0) is 19.7. The summed E-state index contributed by atoms with van der Waals surface area (Å²) < 4.78 is 10.4. The lowest BCUT2D eigenvalue weighted by Crippen LogP contribution is -2.35. The Bertz CT molecular complexity index is 838. The van der Waals surface area contributed by atoms with Gasteiger partial charge in [-0.1, -0.05) is 12.1 Å². The highest BCUT2D eigenvalue weighted by Gasteiger charge is 2.50. The van der Waals surface area contributed by atoms with E-state index in [2.05, 4.69) is 5.32 Å². The van der Waals surface area contributed by atoms with E-state index in [1.807, 2.05) is 53.4 Å². The van der Waals surface area contributed by atoms with Gasteiger partial charge in [0.15, 0.2) is 0 Å². The fraction of sp³-hybridized carbons (Fsp3) is 0.409. The lowest BCUT2D eigenvalue weighted by atomic mass is 9.90. The van der Waals surface area contributed by atoms with Gasteiger partial charge in [0.2, 0.25) is 0 Å². The summed E-state index contributed by atoms with van der Waals surface area (Å²) in [6.07, 6.45) is 1.33. The molecule has 6 nitrogen and oxygen atoms in total. The highest BCUT2D eigenvalue weighted by atomic mass is 16.5. The fourth-order valence-electron chi connectivity index (χ4n) is 4.54. The number of hydrogen-bond acceptors (Lipinski definition) is 4. The Labute approximate surface area is 165 Å². The van der Waals surface area contributed by atoms with E-state index in [1.165, 1.54) is 0 Å². The lowest BCUT2D eigenvalue weighted by molar-refractivity contribution is 0.0326. The average Bonchev–Trinajstić information content (AvgIpc) is 3.24. The summed E-state index contributed by atoms with van der Waals surface area (Å²) in [7, 11) is 3.25. The van der Waals surface area contributed by atoms with Crippen LogP contribution >= 0.6 is 0 Å². The summed E-state index contributed by atoms with van der Waals surface area (Å²) >= 11 is 0. The van der Waals surface area contributed by atoms with Crippen LogP contribution < -0.4 is 14.8 Å². The van der Waals surface area contributed by atoms with Crippen LogP contribution in [0.2, 0.25) is 0 Å². The molecule has 2 aromatic carbocycles. The van der Waals surface area contributed by atoms with Gasteiger partial charge in [-0.05, 0) is 66.6 Å². The first-order valence-corrected chi connectivity index (χ1v) is 9.57. The molecule has 0 radical (unpaired) electrons. The predicted octanol–water partition coefficient (Wildman–Crippen LogP) is 3.47. The molecule has 148 valence electrons. The van der Waals surface area contributed by atoms with Gasteiger partial charge in [-0.15, -0.1) is 0 Å². The van der Waals surface area contributed by atoms with E-state index in [0.29, 0.717) is 37.8 Å². The largest absolute Gasteiger partial charge is 0.497 e. The molecule has 1 heterocycles. The van der Waals surface area contributed by atoms with Crippen LogP contribution in [-0.4, -0.2) is 43.3 Å². The Balaban J connectivity index is 1.38. The van der Waals surface area contributed by atoms with Gasteiger partial charge in [0, 0.05) is 18.8 Å². The smallest absolute Gasteiger partial charge is 0.321 e. The standard InChI is InChI=1S/C22H26N2O4/c1-27-19-8-6-18(7-9-19)23-21(25)24-13-15-11-22(26,12-16(15)14-24)17-4-3-5-20(10-17)28-2/h3-10,15-16,26H,11-14H2,1-2H3,(H,23,25)/t15-,16+,22-. The number of likely N-dealkylation sites (tertiary alicyclic amines) is 1. The second kappa shape index (κ2) is 7.36. The number of nitrogens with zero attached hydrogens (tertiary/aromatic N) is 1. The molecular formula is C22H26N2O4. The Morgan fingerprint density at radius 2 is 1.68 bits per heavy atom. The topological polar surface area (TPSA) is 71.0 Å². The van der Waals surface area contributed by atoms with Gasteiger partial charge in [-0.25, -0.2) is 4.79 Å². The summed E-state index contributed by atoms with van der Waals surface area (Å²) in [6, 6.07) is 14.9. The van der Waals surface area contributed by atoms with Crippen LogP contribution in [0.1, 0.15) is 18.4 Å². The molecule has 0 aromatic heterocycles. The highest BCUT2D eigenvalue weighted by Crippen LogP contribution is 2.49. The third-order valence-corrected chi connectivity index (χ3v) is 6.01. The average molecular weight is 382 g/mol. The molecule has 0 bridgehead atoms. The number of hydrogen-bond donors (Lipinski definition) is 2. The number of aliphatic hydroxyl groups is 1. The molecule has 1 aliphatic heterocycles. The maximum atomic E-state index is 12.6. The monoisotopic (exact) mass is 382 g/mol. The zero-order valence-corrected chi connectivity index (χ0v) is 16.2. The van der Waals surface area contributed by atoms with Crippen molar-refractivity contribution in [2.45, 2.75) is 18.4 Å². The van der Waals surface area contributed by atoms with E-state index in [9.17, 15) is 9.90 Å². The zero-order valence-electron chi connectivity index (χ0n) is 16.2. The van der Waals surface area contributed by atoms with Gasteiger partial charge in [0.25, 0.3) is 0 Å². The van der Waals surface area contributed by atoms with Crippen LogP contribution in [0, 0.1) is 11.8 Å². The number of carbonyl (C=O) groups is 1. The number of nitrogens with one attached hydrogen (secondary N) is 1. The molecule has 1 saturated heterocycles. The van der Waals surface area contributed by atoms with E-state index in [4.69, 9.17) is 9.47 Å². The first-order chi connectivity index (χ1) is 13.5. The van der Waals surface area contributed by atoms with Crippen molar-refractivity contribution >= 4 is 11.7 Å². The second-order valence-electron chi connectivity index (χ2n) is 7.76. The quantitative estimate of drug-likeness (QED) is 0.850. The van der Waals surface area contributed by atoms with Gasteiger partial charge < -0.3 is 24.8 Å². The summed E-state index contributed by atoms with van der Waals surface area (Å²) in [4.78, 5) is 14.5. The Kier molecular flexibility index (Phi) is 4.89. The molecule has 2 aromatic rings. The van der Waals surface area contributed by atoms with Crippen LogP contribution in [0.25, 0.3) is 0 Å². The Hall–Kier alpha value is -2.73. The third kappa shape index (κ3) is 3.52. The van der Waals surface area contributed by atoms with E-state index in [1.54, 1.807) is 14.2 Å². The van der Waals surface area contributed by atoms with E-state index < -0.39 is 5.60 Å². The van der Waals surface area contributed by atoms with E-state index in [0.717, 1.165) is 22.7 Å². The molecule has 2 aliphatic rings. The van der Waals surface area contributed by atoms with Gasteiger partial charge in [0.1, 0.15) is 11.5 Å². The van der Waals surface area contributed by atoms with Gasteiger partial charge in [-0.3, -0.25) is 0 Å². The van der Waals surface area contributed by atoms with Crippen molar-refractivity contribution in [3.63, 3.8) is 0 Å². The summed E-state index contributed by atoms with van der Waals surface area (Å²) in [5.41, 5.74) is 0.800. The number of carbonyl (C=O) groups excluding carboxylic acids is 1. The number of urea groups is 1. The van der Waals surface area contributed by atoms with Crippen LogP contribution in [0.4, 0.5) is 10.5 Å². The summed E-state index contributed by atoms with van der Waals surface area (Å²) in [6.45, 7) is 1.33. The molecule has 1 aliphatic carbocycles. The van der Waals surface area contributed by atoms with Crippen LogP contribution in [0.5, 0.6) is 11.5 Å². The lowest BCUT2D eigenvalue weighted by Gasteiger charge is -2.27. The molecule has 4 rings (SSSR count).